The van der Waals surface area contributed by atoms with Crippen molar-refractivity contribution in [3.8, 4) is 0 Å². The van der Waals surface area contributed by atoms with Gasteiger partial charge in [0.05, 0.1) is 0 Å². The summed E-state index contributed by atoms with van der Waals surface area (Å²) in [6.07, 6.45) is 2.68. The summed E-state index contributed by atoms with van der Waals surface area (Å²) in [5, 5.41) is 3.48. The molecule has 1 unspecified atom stereocenters. The number of hydrogen-bond donors (Lipinski definition) is 2. The summed E-state index contributed by atoms with van der Waals surface area (Å²) in [5.74, 6) is 0. The second kappa shape index (κ2) is 6.03. The van der Waals surface area contributed by atoms with Crippen LogP contribution in [0.3, 0.4) is 0 Å². The van der Waals surface area contributed by atoms with Crippen molar-refractivity contribution in [2.75, 3.05) is 25.0 Å². The van der Waals surface area contributed by atoms with E-state index in [-0.39, 0.29) is 0 Å². The molecule has 2 rings (SSSR count). The molecule has 3 nitrogen and oxygen atoms in total. The number of benzene rings is 1. The van der Waals surface area contributed by atoms with E-state index in [0.29, 0.717) is 12.6 Å². The van der Waals surface area contributed by atoms with Crippen LogP contribution in [0.5, 0.6) is 0 Å². The van der Waals surface area contributed by atoms with Crippen LogP contribution in [-0.4, -0.2) is 30.6 Å². The van der Waals surface area contributed by atoms with Crippen molar-refractivity contribution >= 4 is 5.69 Å². The third kappa shape index (κ3) is 3.45. The zero-order chi connectivity index (χ0) is 12.1. The van der Waals surface area contributed by atoms with Crippen molar-refractivity contribution in [2.24, 2.45) is 5.73 Å². The summed E-state index contributed by atoms with van der Waals surface area (Å²) in [4.78, 5) is 2.52. The van der Waals surface area contributed by atoms with Crippen molar-refractivity contribution in [2.45, 2.75) is 32.4 Å². The number of para-hydroxylation sites is 1. The number of hydrogen-bond acceptors (Lipinski definition) is 3. The highest BCUT2D eigenvalue weighted by atomic mass is 15.1. The van der Waals surface area contributed by atoms with Crippen LogP contribution in [0, 0.1) is 0 Å². The van der Waals surface area contributed by atoms with Gasteiger partial charge in [0.15, 0.2) is 0 Å². The fraction of sp³-hybridized carbons (Fsp3) is 0.571. The van der Waals surface area contributed by atoms with Crippen molar-refractivity contribution < 1.29 is 0 Å². The summed E-state index contributed by atoms with van der Waals surface area (Å²) in [5.41, 5.74) is 8.28. The number of nitrogens with two attached hydrogens (primary N) is 1. The molecule has 0 aliphatic carbocycles. The van der Waals surface area contributed by atoms with E-state index < -0.39 is 0 Å². The Hall–Kier alpha value is -1.06. The average Bonchev–Trinajstić information content (AvgIpc) is 2.84. The Bertz CT molecular complexity index is 345. The minimum atomic E-state index is 0.328. The number of nitrogens with one attached hydrogen (secondary N) is 1. The standard InChI is InChI=1S/C14H23N3/c1-12(10-15)16-14-7-3-2-6-13(14)11-17-8-4-5-9-17/h2-3,6-7,12,16H,4-5,8-11,15H2,1H3. The van der Waals surface area contributed by atoms with Crippen molar-refractivity contribution in [1.29, 1.82) is 0 Å². The first-order chi connectivity index (χ1) is 8.29. The van der Waals surface area contributed by atoms with E-state index >= 15 is 0 Å². The molecule has 17 heavy (non-hydrogen) atoms. The zero-order valence-electron chi connectivity index (χ0n) is 10.7. The van der Waals surface area contributed by atoms with Gasteiger partial charge in [-0.25, -0.2) is 0 Å². The lowest BCUT2D eigenvalue weighted by atomic mass is 10.1. The van der Waals surface area contributed by atoms with Crippen LogP contribution in [0.15, 0.2) is 24.3 Å². The Balaban J connectivity index is 2.04. The SMILES string of the molecule is CC(CN)Nc1ccccc1CN1CCCC1. The van der Waals surface area contributed by atoms with E-state index in [1.54, 1.807) is 0 Å². The van der Waals surface area contributed by atoms with Gasteiger partial charge in [0.1, 0.15) is 0 Å². The van der Waals surface area contributed by atoms with Crippen LogP contribution in [0.25, 0.3) is 0 Å². The van der Waals surface area contributed by atoms with Crippen molar-refractivity contribution in [3.63, 3.8) is 0 Å². The smallest absolute Gasteiger partial charge is 0.0388 e. The molecule has 1 aliphatic heterocycles. The summed E-state index contributed by atoms with van der Waals surface area (Å²) in [6, 6.07) is 8.89. The van der Waals surface area contributed by atoms with Gasteiger partial charge in [0, 0.05) is 24.8 Å². The monoisotopic (exact) mass is 233 g/mol. The lowest BCUT2D eigenvalue weighted by Crippen LogP contribution is -2.26. The molecule has 1 fully saturated rings. The molecule has 1 aromatic rings. The third-order valence-corrected chi connectivity index (χ3v) is 3.37. The quantitative estimate of drug-likeness (QED) is 0.818. The predicted molar refractivity (Wildman–Crippen MR) is 73.1 cm³/mol. The Morgan fingerprint density at radius 2 is 2.00 bits per heavy atom. The Morgan fingerprint density at radius 3 is 2.71 bits per heavy atom. The average molecular weight is 233 g/mol. The van der Waals surface area contributed by atoms with Gasteiger partial charge < -0.3 is 11.1 Å². The van der Waals surface area contributed by atoms with E-state index in [1.165, 1.54) is 37.2 Å². The molecule has 0 spiro atoms. The molecule has 0 saturated carbocycles. The van der Waals surface area contributed by atoms with Crippen molar-refractivity contribution in [3.05, 3.63) is 29.8 Å². The van der Waals surface area contributed by atoms with E-state index in [4.69, 9.17) is 5.73 Å². The molecule has 1 atom stereocenters. The van der Waals surface area contributed by atoms with Gasteiger partial charge >= 0.3 is 0 Å². The fourth-order valence-electron chi connectivity index (χ4n) is 2.31. The van der Waals surface area contributed by atoms with Crippen LogP contribution in [0.1, 0.15) is 25.3 Å². The highest BCUT2D eigenvalue weighted by Crippen LogP contribution is 2.20. The highest BCUT2D eigenvalue weighted by molar-refractivity contribution is 5.51. The van der Waals surface area contributed by atoms with Crippen LogP contribution in [-0.2, 0) is 6.54 Å². The molecule has 1 aromatic carbocycles. The van der Waals surface area contributed by atoms with E-state index in [2.05, 4.69) is 41.4 Å². The molecule has 0 radical (unpaired) electrons. The maximum absolute atomic E-state index is 5.66. The summed E-state index contributed by atoms with van der Waals surface area (Å²) >= 11 is 0. The lowest BCUT2D eigenvalue weighted by Gasteiger charge is -2.20. The normalized spacial score (nSPS) is 18.2. The topological polar surface area (TPSA) is 41.3 Å². The fourth-order valence-corrected chi connectivity index (χ4v) is 2.31. The lowest BCUT2D eigenvalue weighted by molar-refractivity contribution is 0.332. The maximum atomic E-state index is 5.66. The summed E-state index contributed by atoms with van der Waals surface area (Å²) < 4.78 is 0. The minimum absolute atomic E-state index is 0.328. The largest absolute Gasteiger partial charge is 0.381 e. The van der Waals surface area contributed by atoms with Gasteiger partial charge in [0.25, 0.3) is 0 Å². The van der Waals surface area contributed by atoms with Crippen molar-refractivity contribution in [1.82, 2.24) is 4.90 Å². The van der Waals surface area contributed by atoms with Gasteiger partial charge in [-0.2, -0.15) is 0 Å². The number of nitrogens with zero attached hydrogens (tertiary/aromatic N) is 1. The van der Waals surface area contributed by atoms with Crippen LogP contribution in [0.2, 0.25) is 0 Å². The molecule has 0 bridgehead atoms. The van der Waals surface area contributed by atoms with Gasteiger partial charge in [-0.3, -0.25) is 4.90 Å². The second-order valence-electron chi connectivity index (χ2n) is 4.92. The van der Waals surface area contributed by atoms with E-state index in [1.807, 2.05) is 0 Å². The first kappa shape index (κ1) is 12.4. The van der Waals surface area contributed by atoms with Gasteiger partial charge in [-0.05, 0) is 44.5 Å². The van der Waals surface area contributed by atoms with Crippen LogP contribution in [0.4, 0.5) is 5.69 Å². The molecule has 1 heterocycles. The number of anilines is 1. The van der Waals surface area contributed by atoms with Gasteiger partial charge in [-0.1, -0.05) is 18.2 Å². The molecule has 1 saturated heterocycles. The molecule has 0 amide bonds. The molecule has 94 valence electrons. The molecule has 3 heteroatoms. The second-order valence-corrected chi connectivity index (χ2v) is 4.92. The van der Waals surface area contributed by atoms with Gasteiger partial charge in [0.2, 0.25) is 0 Å². The van der Waals surface area contributed by atoms with E-state index in [9.17, 15) is 0 Å². The summed E-state index contributed by atoms with van der Waals surface area (Å²) in [7, 11) is 0. The molecule has 3 N–H and O–H groups in total. The minimum Gasteiger partial charge on any atom is -0.381 e. The molecule has 0 aromatic heterocycles. The Labute approximate surface area is 104 Å². The highest BCUT2D eigenvalue weighted by Gasteiger charge is 2.13. The molecular weight excluding hydrogens is 210 g/mol. The first-order valence-corrected chi connectivity index (χ1v) is 6.56. The Kier molecular flexibility index (Phi) is 4.40. The predicted octanol–water partition coefficient (Wildman–Crippen LogP) is 2.04. The number of rotatable bonds is 5. The van der Waals surface area contributed by atoms with E-state index in [0.717, 1.165) is 6.54 Å². The maximum Gasteiger partial charge on any atom is 0.0388 e. The zero-order valence-corrected chi connectivity index (χ0v) is 10.7. The number of likely N-dealkylation sites (tertiary alicyclic amines) is 1. The van der Waals surface area contributed by atoms with Crippen LogP contribution < -0.4 is 11.1 Å². The molecular formula is C14H23N3. The first-order valence-electron chi connectivity index (χ1n) is 6.56. The molecule has 1 aliphatic rings. The Morgan fingerprint density at radius 1 is 1.29 bits per heavy atom. The van der Waals surface area contributed by atoms with Crippen LogP contribution >= 0.6 is 0 Å². The summed E-state index contributed by atoms with van der Waals surface area (Å²) in [6.45, 7) is 6.31. The third-order valence-electron chi connectivity index (χ3n) is 3.37. The van der Waals surface area contributed by atoms with Gasteiger partial charge in [-0.15, -0.1) is 0 Å².